The minimum atomic E-state index is -0.378. The fourth-order valence-corrected chi connectivity index (χ4v) is 2.38. The smallest absolute Gasteiger partial charge is 0.164 e. The normalized spacial score (nSPS) is 12.2. The van der Waals surface area contributed by atoms with Gasteiger partial charge in [0, 0.05) is 6.04 Å². The number of nitrogens with one attached hydrogen (secondary N) is 1. The lowest BCUT2D eigenvalue weighted by Crippen LogP contribution is -2.17. The van der Waals surface area contributed by atoms with Gasteiger partial charge in [-0.15, -0.1) is 0 Å². The van der Waals surface area contributed by atoms with Gasteiger partial charge in [0.05, 0.1) is 10.7 Å². The Morgan fingerprint density at radius 1 is 1.20 bits per heavy atom. The zero-order valence-electron chi connectivity index (χ0n) is 11.8. The molecule has 0 saturated carbocycles. The van der Waals surface area contributed by atoms with Crippen LogP contribution in [0.5, 0.6) is 0 Å². The third kappa shape index (κ3) is 3.97. The highest BCUT2D eigenvalue weighted by Gasteiger charge is 2.09. The largest absolute Gasteiger partial charge is 0.380 e. The zero-order chi connectivity index (χ0) is 14.5. The molecule has 1 N–H and O–H groups in total. The Balaban J connectivity index is 1.92. The summed E-state index contributed by atoms with van der Waals surface area (Å²) in [5.41, 5.74) is 3.04. The number of halogens is 2. The van der Waals surface area contributed by atoms with Crippen LogP contribution in [-0.4, -0.2) is 6.04 Å². The number of hydrogen-bond acceptors (Lipinski definition) is 1. The van der Waals surface area contributed by atoms with Gasteiger partial charge in [0.25, 0.3) is 0 Å². The van der Waals surface area contributed by atoms with E-state index in [1.165, 1.54) is 11.1 Å². The number of aryl methyl sites for hydroxylation is 2. The minimum absolute atomic E-state index is 0.154. The summed E-state index contributed by atoms with van der Waals surface area (Å²) < 4.78 is 13.8. The molecule has 0 aliphatic carbocycles. The average molecular weight is 292 g/mol. The molecule has 0 heterocycles. The van der Waals surface area contributed by atoms with E-state index in [0.29, 0.717) is 5.69 Å². The van der Waals surface area contributed by atoms with Gasteiger partial charge in [0.1, 0.15) is 0 Å². The van der Waals surface area contributed by atoms with Crippen molar-refractivity contribution >= 4 is 17.3 Å². The van der Waals surface area contributed by atoms with Crippen molar-refractivity contribution in [3.63, 3.8) is 0 Å². The molecule has 0 fully saturated rings. The Bertz CT molecular complexity index is 583. The Labute approximate surface area is 124 Å². The molecule has 0 aliphatic rings. The summed E-state index contributed by atoms with van der Waals surface area (Å²) in [4.78, 5) is 0. The molecule has 3 heteroatoms. The van der Waals surface area contributed by atoms with Crippen molar-refractivity contribution in [3.05, 3.63) is 64.4 Å². The molecule has 2 aromatic carbocycles. The molecule has 0 radical (unpaired) electrons. The molecule has 0 bridgehead atoms. The number of benzene rings is 2. The predicted octanol–water partition coefficient (Wildman–Crippen LogP) is 5.22. The lowest BCUT2D eigenvalue weighted by atomic mass is 10.0. The van der Waals surface area contributed by atoms with E-state index in [2.05, 4.69) is 43.4 Å². The van der Waals surface area contributed by atoms with Crippen LogP contribution in [0.1, 0.15) is 24.5 Å². The Kier molecular flexibility index (Phi) is 5.02. The topological polar surface area (TPSA) is 12.0 Å². The highest BCUT2D eigenvalue weighted by molar-refractivity contribution is 6.31. The summed E-state index contributed by atoms with van der Waals surface area (Å²) in [6.07, 6.45) is 1.91. The van der Waals surface area contributed by atoms with Gasteiger partial charge in [-0.3, -0.25) is 0 Å². The van der Waals surface area contributed by atoms with Gasteiger partial charge in [-0.25, -0.2) is 4.39 Å². The highest BCUT2D eigenvalue weighted by atomic mass is 35.5. The van der Waals surface area contributed by atoms with Crippen molar-refractivity contribution in [2.45, 2.75) is 32.7 Å². The quantitative estimate of drug-likeness (QED) is 0.796. The van der Waals surface area contributed by atoms with Crippen molar-refractivity contribution in [2.24, 2.45) is 0 Å². The Morgan fingerprint density at radius 3 is 2.70 bits per heavy atom. The number of hydrogen-bond donors (Lipinski definition) is 1. The molecule has 1 unspecified atom stereocenters. The molecular formula is C17H19ClFN. The number of anilines is 1. The maximum absolute atomic E-state index is 13.8. The van der Waals surface area contributed by atoms with E-state index in [0.717, 1.165) is 12.8 Å². The molecule has 0 aromatic heterocycles. The average Bonchev–Trinajstić information content (AvgIpc) is 2.42. The van der Waals surface area contributed by atoms with Gasteiger partial charge in [-0.2, -0.15) is 0 Å². The van der Waals surface area contributed by atoms with Crippen LogP contribution in [0, 0.1) is 12.7 Å². The van der Waals surface area contributed by atoms with E-state index >= 15 is 0 Å². The van der Waals surface area contributed by atoms with Crippen molar-refractivity contribution < 1.29 is 4.39 Å². The summed E-state index contributed by atoms with van der Waals surface area (Å²) in [6.45, 7) is 4.14. The third-order valence-electron chi connectivity index (χ3n) is 3.30. The molecule has 20 heavy (non-hydrogen) atoms. The molecule has 0 spiro atoms. The van der Waals surface area contributed by atoms with E-state index in [-0.39, 0.29) is 16.9 Å². The molecule has 0 amide bonds. The maximum Gasteiger partial charge on any atom is 0.164 e. The fraction of sp³-hybridized carbons (Fsp3) is 0.294. The van der Waals surface area contributed by atoms with Crippen LogP contribution in [-0.2, 0) is 6.42 Å². The maximum atomic E-state index is 13.8. The first-order valence-corrected chi connectivity index (χ1v) is 7.20. The first-order chi connectivity index (χ1) is 9.56. The second-order valence-electron chi connectivity index (χ2n) is 5.17. The van der Waals surface area contributed by atoms with Crippen LogP contribution >= 0.6 is 11.6 Å². The molecule has 0 aliphatic heterocycles. The summed E-state index contributed by atoms with van der Waals surface area (Å²) in [6, 6.07) is 13.7. The van der Waals surface area contributed by atoms with E-state index in [4.69, 9.17) is 11.6 Å². The molecule has 106 valence electrons. The predicted molar refractivity (Wildman–Crippen MR) is 84.0 cm³/mol. The molecule has 0 saturated heterocycles. The van der Waals surface area contributed by atoms with E-state index in [1.807, 2.05) is 0 Å². The van der Waals surface area contributed by atoms with Gasteiger partial charge < -0.3 is 5.32 Å². The zero-order valence-corrected chi connectivity index (χ0v) is 12.5. The summed E-state index contributed by atoms with van der Waals surface area (Å²) >= 11 is 5.77. The van der Waals surface area contributed by atoms with Gasteiger partial charge >= 0.3 is 0 Å². The van der Waals surface area contributed by atoms with Crippen molar-refractivity contribution in [3.8, 4) is 0 Å². The van der Waals surface area contributed by atoms with E-state index in [9.17, 15) is 4.39 Å². The molecular weight excluding hydrogens is 273 g/mol. The molecule has 1 atom stereocenters. The van der Waals surface area contributed by atoms with Crippen molar-refractivity contribution in [1.29, 1.82) is 0 Å². The molecule has 2 aromatic rings. The van der Waals surface area contributed by atoms with Crippen LogP contribution in [0.15, 0.2) is 42.5 Å². The van der Waals surface area contributed by atoms with Crippen LogP contribution < -0.4 is 5.32 Å². The summed E-state index contributed by atoms with van der Waals surface area (Å²) in [7, 11) is 0. The van der Waals surface area contributed by atoms with Gasteiger partial charge in [-0.05, 0) is 44.4 Å². The second-order valence-corrected chi connectivity index (χ2v) is 5.58. The van der Waals surface area contributed by atoms with Gasteiger partial charge in [0.15, 0.2) is 5.82 Å². The minimum Gasteiger partial charge on any atom is -0.380 e. The van der Waals surface area contributed by atoms with Gasteiger partial charge in [0.2, 0.25) is 0 Å². The standard InChI is InChI=1S/C17H19ClFN/c1-12-5-3-6-14(11-12)10-9-13(2)20-16-8-4-7-15(18)17(16)19/h3-8,11,13,20H,9-10H2,1-2H3. The SMILES string of the molecule is Cc1cccc(CCC(C)Nc2cccc(Cl)c2F)c1. The Hall–Kier alpha value is -1.54. The summed E-state index contributed by atoms with van der Waals surface area (Å²) in [5.74, 6) is -0.378. The van der Waals surface area contributed by atoms with E-state index < -0.39 is 0 Å². The first kappa shape index (κ1) is 14.9. The lowest BCUT2D eigenvalue weighted by molar-refractivity contribution is 0.622. The lowest BCUT2D eigenvalue weighted by Gasteiger charge is -2.16. The molecule has 1 nitrogen and oxygen atoms in total. The van der Waals surface area contributed by atoms with Gasteiger partial charge in [-0.1, -0.05) is 47.5 Å². The fourth-order valence-electron chi connectivity index (χ4n) is 2.20. The Morgan fingerprint density at radius 2 is 1.95 bits per heavy atom. The van der Waals surface area contributed by atoms with Crippen LogP contribution in [0.2, 0.25) is 5.02 Å². The second kappa shape index (κ2) is 6.76. The van der Waals surface area contributed by atoms with Crippen LogP contribution in [0.25, 0.3) is 0 Å². The van der Waals surface area contributed by atoms with Crippen LogP contribution in [0.3, 0.4) is 0 Å². The highest BCUT2D eigenvalue weighted by Crippen LogP contribution is 2.23. The molecule has 2 rings (SSSR count). The number of rotatable bonds is 5. The van der Waals surface area contributed by atoms with Crippen molar-refractivity contribution in [2.75, 3.05) is 5.32 Å². The van der Waals surface area contributed by atoms with Crippen LogP contribution in [0.4, 0.5) is 10.1 Å². The van der Waals surface area contributed by atoms with Crippen molar-refractivity contribution in [1.82, 2.24) is 0 Å². The first-order valence-electron chi connectivity index (χ1n) is 6.82. The summed E-state index contributed by atoms with van der Waals surface area (Å²) in [5, 5.41) is 3.33. The third-order valence-corrected chi connectivity index (χ3v) is 3.59. The van der Waals surface area contributed by atoms with E-state index in [1.54, 1.807) is 18.2 Å². The monoisotopic (exact) mass is 291 g/mol.